The highest BCUT2D eigenvalue weighted by molar-refractivity contribution is 5.90. The summed E-state index contributed by atoms with van der Waals surface area (Å²) < 4.78 is 6.46. The Bertz CT molecular complexity index is 426. The van der Waals surface area contributed by atoms with Crippen molar-refractivity contribution in [3.05, 3.63) is 18.0 Å². The monoisotopic (exact) mass is 239 g/mol. The summed E-state index contributed by atoms with van der Waals surface area (Å²) in [6.07, 6.45) is 1.61. The van der Waals surface area contributed by atoms with Crippen LogP contribution in [0, 0.1) is 0 Å². The first-order valence-electron chi connectivity index (χ1n) is 5.28. The predicted octanol–water partition coefficient (Wildman–Crippen LogP) is 0.242. The molecular formula is C11H17N3O3. The smallest absolute Gasteiger partial charge is 0.355 e. The van der Waals surface area contributed by atoms with Crippen LogP contribution >= 0.6 is 0 Å². The molecule has 1 aromatic heterocycles. The van der Waals surface area contributed by atoms with E-state index in [1.807, 2.05) is 6.92 Å². The zero-order valence-electron chi connectivity index (χ0n) is 10.3. The third-order valence-corrected chi connectivity index (χ3v) is 2.46. The van der Waals surface area contributed by atoms with Crippen molar-refractivity contribution in [2.24, 2.45) is 7.05 Å². The van der Waals surface area contributed by atoms with Gasteiger partial charge in [-0.05, 0) is 13.0 Å². The maximum absolute atomic E-state index is 11.6. The Kier molecular flexibility index (Phi) is 4.14. The van der Waals surface area contributed by atoms with Crippen LogP contribution < -0.4 is 5.73 Å². The van der Waals surface area contributed by atoms with Gasteiger partial charge >= 0.3 is 5.97 Å². The Balaban J connectivity index is 2.56. The van der Waals surface area contributed by atoms with Gasteiger partial charge in [0.25, 0.3) is 5.91 Å². The molecule has 1 rings (SSSR count). The number of nitrogens with zero attached hydrogens (tertiary/aromatic N) is 2. The molecule has 1 amide bonds. The molecule has 1 heterocycles. The molecule has 6 nitrogen and oxygen atoms in total. The number of esters is 1. The van der Waals surface area contributed by atoms with Crippen molar-refractivity contribution < 1.29 is 14.3 Å². The molecule has 0 radical (unpaired) electrons. The lowest BCUT2D eigenvalue weighted by Crippen LogP contribution is -2.31. The Labute approximate surface area is 99.9 Å². The molecule has 17 heavy (non-hydrogen) atoms. The molecule has 0 aliphatic rings. The summed E-state index contributed by atoms with van der Waals surface area (Å²) in [4.78, 5) is 24.5. The van der Waals surface area contributed by atoms with Crippen LogP contribution in [0.3, 0.4) is 0 Å². The van der Waals surface area contributed by atoms with E-state index in [4.69, 9.17) is 10.5 Å². The van der Waals surface area contributed by atoms with Crippen molar-refractivity contribution in [2.75, 3.05) is 25.9 Å². The van der Waals surface area contributed by atoms with E-state index >= 15 is 0 Å². The number of rotatable bonds is 4. The van der Waals surface area contributed by atoms with E-state index in [2.05, 4.69) is 0 Å². The fraction of sp³-hybridized carbons (Fsp3) is 0.455. The van der Waals surface area contributed by atoms with E-state index in [0.29, 0.717) is 17.9 Å². The van der Waals surface area contributed by atoms with Crippen LogP contribution in [0.25, 0.3) is 0 Å². The highest BCUT2D eigenvalue weighted by Crippen LogP contribution is 2.09. The molecule has 0 aromatic carbocycles. The summed E-state index contributed by atoms with van der Waals surface area (Å²) in [5.41, 5.74) is 6.35. The number of hydrogen-bond donors (Lipinski definition) is 1. The number of carbonyl (C=O) groups excluding carboxylic acids is 2. The minimum absolute atomic E-state index is 0.233. The van der Waals surface area contributed by atoms with Crippen LogP contribution in [0.5, 0.6) is 0 Å². The fourth-order valence-electron chi connectivity index (χ4n) is 1.28. The molecule has 2 N–H and O–H groups in total. The van der Waals surface area contributed by atoms with Crippen LogP contribution in [-0.4, -0.2) is 41.5 Å². The number of likely N-dealkylation sites (N-methyl/N-ethyl adjacent to an activating group) is 1. The second kappa shape index (κ2) is 5.38. The van der Waals surface area contributed by atoms with E-state index in [-0.39, 0.29) is 12.5 Å². The Morgan fingerprint density at radius 2 is 2.18 bits per heavy atom. The van der Waals surface area contributed by atoms with Crippen molar-refractivity contribution in [3.8, 4) is 0 Å². The third-order valence-electron chi connectivity index (χ3n) is 2.46. The Hall–Kier alpha value is -1.98. The van der Waals surface area contributed by atoms with Gasteiger partial charge in [-0.2, -0.15) is 0 Å². The second-order valence-electron chi connectivity index (χ2n) is 3.75. The molecule has 6 heteroatoms. The molecule has 0 unspecified atom stereocenters. The summed E-state index contributed by atoms with van der Waals surface area (Å²) in [5.74, 6) is -0.787. The molecule has 0 bridgehead atoms. The molecule has 94 valence electrons. The topological polar surface area (TPSA) is 77.6 Å². The lowest BCUT2D eigenvalue weighted by Gasteiger charge is -2.14. The predicted molar refractivity (Wildman–Crippen MR) is 63.4 cm³/mol. The van der Waals surface area contributed by atoms with Gasteiger partial charge in [0.05, 0.1) is 5.69 Å². The van der Waals surface area contributed by atoms with E-state index in [1.54, 1.807) is 24.9 Å². The zero-order valence-corrected chi connectivity index (χ0v) is 10.3. The van der Waals surface area contributed by atoms with E-state index in [9.17, 15) is 9.59 Å². The second-order valence-corrected chi connectivity index (χ2v) is 3.75. The van der Waals surface area contributed by atoms with Gasteiger partial charge in [-0.3, -0.25) is 4.79 Å². The summed E-state index contributed by atoms with van der Waals surface area (Å²) in [6.45, 7) is 2.17. The number of aromatic nitrogens is 1. The van der Waals surface area contributed by atoms with Crippen LogP contribution in [0.15, 0.2) is 12.3 Å². The van der Waals surface area contributed by atoms with Gasteiger partial charge in [0.15, 0.2) is 6.61 Å². The van der Waals surface area contributed by atoms with Gasteiger partial charge in [0.2, 0.25) is 0 Å². The maximum Gasteiger partial charge on any atom is 0.355 e. The van der Waals surface area contributed by atoms with Gasteiger partial charge in [0, 0.05) is 26.8 Å². The largest absolute Gasteiger partial charge is 0.451 e. The third kappa shape index (κ3) is 3.24. The van der Waals surface area contributed by atoms with E-state index < -0.39 is 5.97 Å². The summed E-state index contributed by atoms with van der Waals surface area (Å²) in [7, 11) is 3.34. The lowest BCUT2D eigenvalue weighted by molar-refractivity contribution is -0.133. The van der Waals surface area contributed by atoms with Gasteiger partial charge in [-0.15, -0.1) is 0 Å². The van der Waals surface area contributed by atoms with Crippen LogP contribution in [0.2, 0.25) is 0 Å². The number of amides is 1. The quantitative estimate of drug-likeness (QED) is 0.764. The number of anilines is 1. The maximum atomic E-state index is 11.6. The molecule has 0 aliphatic carbocycles. The van der Waals surface area contributed by atoms with Crippen molar-refractivity contribution in [2.45, 2.75) is 6.92 Å². The molecule has 1 aromatic rings. The minimum Gasteiger partial charge on any atom is -0.451 e. The lowest BCUT2D eigenvalue weighted by atomic mass is 10.4. The van der Waals surface area contributed by atoms with Crippen molar-refractivity contribution in [1.29, 1.82) is 0 Å². The number of nitrogen functional groups attached to an aromatic ring is 1. The van der Waals surface area contributed by atoms with Crippen LogP contribution in [0.1, 0.15) is 17.4 Å². The van der Waals surface area contributed by atoms with Gasteiger partial charge in [-0.1, -0.05) is 0 Å². The van der Waals surface area contributed by atoms with Crippen LogP contribution in [-0.2, 0) is 16.6 Å². The van der Waals surface area contributed by atoms with E-state index in [0.717, 1.165) is 0 Å². The first kappa shape index (κ1) is 13.1. The normalized spacial score (nSPS) is 10.1. The number of aryl methyl sites for hydroxylation is 1. The highest BCUT2D eigenvalue weighted by Gasteiger charge is 2.15. The number of hydrogen-bond acceptors (Lipinski definition) is 4. The van der Waals surface area contributed by atoms with Crippen molar-refractivity contribution in [3.63, 3.8) is 0 Å². The SMILES string of the molecule is CCN(C)C(=O)COC(=O)c1cc(N)cn1C. The molecule has 0 spiro atoms. The van der Waals surface area contributed by atoms with Crippen LogP contribution in [0.4, 0.5) is 5.69 Å². The first-order chi connectivity index (χ1) is 7.95. The minimum atomic E-state index is -0.554. The molecule has 0 atom stereocenters. The summed E-state index contributed by atoms with van der Waals surface area (Å²) in [6, 6.07) is 1.51. The molecule has 0 saturated heterocycles. The fourth-order valence-corrected chi connectivity index (χ4v) is 1.28. The average molecular weight is 239 g/mol. The molecule has 0 saturated carbocycles. The Morgan fingerprint density at radius 1 is 1.53 bits per heavy atom. The number of carbonyl (C=O) groups is 2. The van der Waals surface area contributed by atoms with Crippen molar-refractivity contribution in [1.82, 2.24) is 9.47 Å². The number of ether oxygens (including phenoxy) is 1. The first-order valence-corrected chi connectivity index (χ1v) is 5.28. The van der Waals surface area contributed by atoms with Crippen molar-refractivity contribution >= 4 is 17.6 Å². The average Bonchev–Trinajstić information content (AvgIpc) is 2.63. The molecule has 0 aliphatic heterocycles. The standard InChI is InChI=1S/C11H17N3O3/c1-4-13(2)10(15)7-17-11(16)9-5-8(12)6-14(9)3/h5-6H,4,7,12H2,1-3H3. The highest BCUT2D eigenvalue weighted by atomic mass is 16.5. The van der Waals surface area contributed by atoms with E-state index in [1.165, 1.54) is 11.0 Å². The zero-order chi connectivity index (χ0) is 13.0. The van der Waals surface area contributed by atoms with Gasteiger partial charge in [0.1, 0.15) is 5.69 Å². The summed E-state index contributed by atoms with van der Waals surface area (Å²) >= 11 is 0. The van der Waals surface area contributed by atoms with Gasteiger partial charge in [-0.25, -0.2) is 4.79 Å². The number of nitrogens with two attached hydrogens (primary N) is 1. The molecular weight excluding hydrogens is 222 g/mol. The van der Waals surface area contributed by atoms with Gasteiger partial charge < -0.3 is 19.9 Å². The Morgan fingerprint density at radius 3 is 2.65 bits per heavy atom. The molecule has 0 fully saturated rings. The summed E-state index contributed by atoms with van der Waals surface area (Å²) in [5, 5.41) is 0.